The molecular formula is C16H20ClF3N2O3S. The molecule has 1 aliphatic rings. The van der Waals surface area contributed by atoms with Gasteiger partial charge in [-0.25, -0.2) is 0 Å². The third-order valence-electron chi connectivity index (χ3n) is 4.37. The van der Waals surface area contributed by atoms with E-state index in [9.17, 15) is 22.8 Å². The maximum Gasteiger partial charge on any atom is 0.393 e. The van der Waals surface area contributed by atoms with Crippen LogP contribution in [-0.4, -0.2) is 53.4 Å². The first-order valence-corrected chi connectivity index (χ1v) is 8.84. The lowest BCUT2D eigenvalue weighted by atomic mass is 9.96. The minimum Gasteiger partial charge on any atom is -0.481 e. The number of likely N-dealkylation sites (tertiary alicyclic amines) is 1. The normalized spacial score (nSPS) is 21.7. The van der Waals surface area contributed by atoms with E-state index < -0.39 is 42.5 Å². The maximum atomic E-state index is 13.0. The van der Waals surface area contributed by atoms with Gasteiger partial charge in [-0.15, -0.1) is 24.2 Å². The van der Waals surface area contributed by atoms with Gasteiger partial charge in [0.1, 0.15) is 0 Å². The largest absolute Gasteiger partial charge is 0.481 e. The van der Waals surface area contributed by atoms with Gasteiger partial charge in [-0.1, -0.05) is 0 Å². The molecule has 0 radical (unpaired) electrons. The van der Waals surface area contributed by atoms with Crippen LogP contribution in [0.4, 0.5) is 18.9 Å². The number of anilines is 1. The smallest absolute Gasteiger partial charge is 0.393 e. The average Bonchev–Trinajstić information content (AvgIpc) is 3.00. The van der Waals surface area contributed by atoms with E-state index in [0.717, 1.165) is 4.90 Å². The Morgan fingerprint density at radius 2 is 1.85 bits per heavy atom. The molecule has 0 aliphatic carbocycles. The molecule has 1 fully saturated rings. The zero-order chi connectivity index (χ0) is 18.8. The number of thioether (sulfide) groups is 1. The summed E-state index contributed by atoms with van der Waals surface area (Å²) < 4.78 is 39.1. The van der Waals surface area contributed by atoms with Gasteiger partial charge in [-0.2, -0.15) is 13.2 Å². The lowest BCUT2D eigenvalue weighted by Crippen LogP contribution is -2.41. The van der Waals surface area contributed by atoms with Gasteiger partial charge in [-0.3, -0.25) is 14.5 Å². The van der Waals surface area contributed by atoms with E-state index in [2.05, 4.69) is 5.32 Å². The highest BCUT2D eigenvalue weighted by atomic mass is 35.5. The average molecular weight is 413 g/mol. The summed E-state index contributed by atoms with van der Waals surface area (Å²) in [6.45, 7) is 0.670. The molecule has 1 saturated heterocycles. The van der Waals surface area contributed by atoms with Crippen molar-refractivity contribution in [3.63, 3.8) is 0 Å². The fraction of sp³-hybridized carbons (Fsp3) is 0.500. The van der Waals surface area contributed by atoms with E-state index in [1.54, 1.807) is 23.9 Å². The number of benzene rings is 1. The molecule has 1 aliphatic heterocycles. The second kappa shape index (κ2) is 8.96. The lowest BCUT2D eigenvalue weighted by molar-refractivity contribution is -0.188. The molecule has 0 spiro atoms. The van der Waals surface area contributed by atoms with E-state index in [0.29, 0.717) is 5.69 Å². The van der Waals surface area contributed by atoms with Crippen molar-refractivity contribution in [3.05, 3.63) is 24.3 Å². The fourth-order valence-corrected chi connectivity index (χ4v) is 3.23. The van der Waals surface area contributed by atoms with Gasteiger partial charge >= 0.3 is 12.1 Å². The second-order valence-electron chi connectivity index (χ2n) is 5.94. The topological polar surface area (TPSA) is 69.6 Å². The molecule has 3 atom stereocenters. The predicted molar refractivity (Wildman–Crippen MR) is 95.8 cm³/mol. The number of hydrogen-bond donors (Lipinski definition) is 2. The van der Waals surface area contributed by atoms with Crippen LogP contribution in [0.5, 0.6) is 0 Å². The quantitative estimate of drug-likeness (QED) is 0.726. The Morgan fingerprint density at radius 3 is 2.27 bits per heavy atom. The van der Waals surface area contributed by atoms with Crippen molar-refractivity contribution in [2.24, 2.45) is 11.8 Å². The Balaban J connectivity index is 0.00000338. The van der Waals surface area contributed by atoms with E-state index in [1.165, 1.54) is 11.8 Å². The number of halogens is 4. The van der Waals surface area contributed by atoms with Crippen LogP contribution in [0.3, 0.4) is 0 Å². The van der Waals surface area contributed by atoms with Crippen LogP contribution in [0.25, 0.3) is 0 Å². The number of alkyl halides is 3. The second-order valence-corrected chi connectivity index (χ2v) is 6.82. The van der Waals surface area contributed by atoms with E-state index in [4.69, 9.17) is 5.11 Å². The molecule has 1 aromatic carbocycles. The molecule has 1 heterocycles. The van der Waals surface area contributed by atoms with Crippen LogP contribution < -0.4 is 5.32 Å². The first-order valence-electron chi connectivity index (χ1n) is 7.62. The molecule has 0 bridgehead atoms. The van der Waals surface area contributed by atoms with Gasteiger partial charge in [0.2, 0.25) is 5.91 Å². The highest BCUT2D eigenvalue weighted by Gasteiger charge is 2.53. The summed E-state index contributed by atoms with van der Waals surface area (Å²) >= 11 is 1.55. The number of hydrogen-bond acceptors (Lipinski definition) is 4. The summed E-state index contributed by atoms with van der Waals surface area (Å²) in [4.78, 5) is 25.7. The van der Waals surface area contributed by atoms with E-state index in [-0.39, 0.29) is 19.0 Å². The molecule has 2 rings (SSSR count). The van der Waals surface area contributed by atoms with Crippen molar-refractivity contribution in [3.8, 4) is 0 Å². The van der Waals surface area contributed by atoms with Crippen LogP contribution in [0.1, 0.15) is 6.92 Å². The molecule has 26 heavy (non-hydrogen) atoms. The number of nitrogens with one attached hydrogen (secondary N) is 1. The molecule has 2 N–H and O–H groups in total. The molecule has 146 valence electrons. The van der Waals surface area contributed by atoms with Crippen LogP contribution in [0.15, 0.2) is 29.2 Å². The minimum absolute atomic E-state index is 0. The summed E-state index contributed by atoms with van der Waals surface area (Å²) in [6.07, 6.45) is -2.69. The van der Waals surface area contributed by atoms with Crippen molar-refractivity contribution >= 4 is 41.7 Å². The number of carbonyl (C=O) groups excluding carboxylic acids is 1. The summed E-state index contributed by atoms with van der Waals surface area (Å²) in [5.41, 5.74) is 0.538. The van der Waals surface area contributed by atoms with Crippen molar-refractivity contribution in [2.45, 2.75) is 24.0 Å². The first kappa shape index (κ1) is 22.6. The molecule has 1 aromatic rings. The summed E-state index contributed by atoms with van der Waals surface area (Å²) in [6, 6.07) is 6.19. The molecule has 1 amide bonds. The third-order valence-corrected chi connectivity index (χ3v) is 5.11. The predicted octanol–water partition coefficient (Wildman–Crippen LogP) is 3.35. The Kier molecular flexibility index (Phi) is 7.79. The van der Waals surface area contributed by atoms with Crippen LogP contribution in [0, 0.1) is 11.8 Å². The van der Waals surface area contributed by atoms with Gasteiger partial charge in [0, 0.05) is 23.7 Å². The minimum atomic E-state index is -4.61. The number of rotatable bonds is 5. The van der Waals surface area contributed by atoms with Crippen LogP contribution in [-0.2, 0) is 9.59 Å². The summed E-state index contributed by atoms with van der Waals surface area (Å²) in [5.74, 6) is -5.49. The highest BCUT2D eigenvalue weighted by molar-refractivity contribution is 7.98. The Hall–Kier alpha value is -1.45. The van der Waals surface area contributed by atoms with E-state index in [1.807, 2.05) is 18.4 Å². The summed E-state index contributed by atoms with van der Waals surface area (Å²) in [7, 11) is 0. The van der Waals surface area contributed by atoms with Gasteiger partial charge in [0.05, 0.1) is 17.9 Å². The van der Waals surface area contributed by atoms with E-state index >= 15 is 0 Å². The van der Waals surface area contributed by atoms with Gasteiger partial charge < -0.3 is 10.4 Å². The Labute approximate surface area is 159 Å². The van der Waals surface area contributed by atoms with Gasteiger partial charge in [-0.05, 0) is 37.4 Å². The maximum absolute atomic E-state index is 13.0. The zero-order valence-electron chi connectivity index (χ0n) is 14.1. The number of aliphatic carboxylic acids is 1. The van der Waals surface area contributed by atoms with Gasteiger partial charge in [0.25, 0.3) is 0 Å². The fourth-order valence-electron chi connectivity index (χ4n) is 2.82. The number of amides is 1. The van der Waals surface area contributed by atoms with Crippen molar-refractivity contribution < 1.29 is 27.9 Å². The molecule has 1 unspecified atom stereocenters. The number of carboxylic acids is 1. The molecule has 5 nitrogen and oxygen atoms in total. The van der Waals surface area contributed by atoms with Gasteiger partial charge in [0.15, 0.2) is 0 Å². The number of nitrogens with zero attached hydrogens (tertiary/aromatic N) is 1. The number of carboxylic acid groups (broad SMARTS) is 1. The molecule has 0 aromatic heterocycles. The third kappa shape index (κ3) is 5.28. The van der Waals surface area contributed by atoms with Crippen LogP contribution in [0.2, 0.25) is 0 Å². The standard InChI is InChI=1S/C16H19F3N2O3S.ClH/c1-9(14(22)20-10-3-5-11(25-2)6-4-10)21-7-12(15(23)24)13(8-21)16(17,18)19;/h3-6,9,12-13H,7-8H2,1-2H3,(H,20,22)(H,23,24);1H/t9?,12-,13-;/m1./s1. The monoisotopic (exact) mass is 412 g/mol. The molecule has 10 heteroatoms. The Bertz CT molecular complexity index is 643. The zero-order valence-corrected chi connectivity index (χ0v) is 15.7. The van der Waals surface area contributed by atoms with Crippen molar-refractivity contribution in [1.82, 2.24) is 4.90 Å². The highest BCUT2D eigenvalue weighted by Crippen LogP contribution is 2.38. The van der Waals surface area contributed by atoms with Crippen molar-refractivity contribution in [2.75, 3.05) is 24.7 Å². The lowest BCUT2D eigenvalue weighted by Gasteiger charge is -2.23. The van der Waals surface area contributed by atoms with Crippen LogP contribution >= 0.6 is 24.2 Å². The molecular weight excluding hydrogens is 393 g/mol. The summed E-state index contributed by atoms with van der Waals surface area (Å²) in [5, 5.41) is 11.7. The first-order chi connectivity index (χ1) is 11.6. The molecule has 0 saturated carbocycles. The van der Waals surface area contributed by atoms with Crippen molar-refractivity contribution in [1.29, 1.82) is 0 Å². The SMILES string of the molecule is CSc1ccc(NC(=O)C(C)N2C[C@@H](C(F)(F)F)[C@H](C(=O)O)C2)cc1.Cl. The Morgan fingerprint density at radius 1 is 1.27 bits per heavy atom. The number of carbonyl (C=O) groups is 2.